The molecule has 3 rings (SSSR count). The molecule has 0 bridgehead atoms. The standard InChI is InChI=1S/C21H17ClF2N4O3S/c1-11-13(10-29)7-14(22)8-19(11)32(30,31)28-18-6-5-17(23)16(20(18)24)4-3-15-9-26-21(25)12(2)27-15/h5-9,28-29H,10H2,1-2H3,(H2,25,26). The first-order valence-corrected chi connectivity index (χ1v) is 10.9. The molecule has 0 spiro atoms. The predicted octanol–water partition coefficient (Wildman–Crippen LogP) is 3.30. The summed E-state index contributed by atoms with van der Waals surface area (Å²) in [5.41, 5.74) is 5.48. The number of anilines is 2. The minimum atomic E-state index is -4.32. The fraction of sp³-hybridized carbons (Fsp3) is 0.143. The molecule has 3 aromatic rings. The van der Waals surface area contributed by atoms with Crippen LogP contribution in [0.25, 0.3) is 0 Å². The van der Waals surface area contributed by atoms with Crippen LogP contribution in [0.4, 0.5) is 20.3 Å². The molecule has 0 atom stereocenters. The molecule has 0 fully saturated rings. The maximum Gasteiger partial charge on any atom is 0.262 e. The summed E-state index contributed by atoms with van der Waals surface area (Å²) in [6, 6.07) is 4.41. The van der Waals surface area contributed by atoms with Gasteiger partial charge in [0.1, 0.15) is 17.3 Å². The number of rotatable bonds is 4. The Morgan fingerprint density at radius 3 is 2.59 bits per heavy atom. The van der Waals surface area contributed by atoms with E-state index in [1.54, 1.807) is 6.92 Å². The molecule has 0 saturated carbocycles. The molecular formula is C21H17ClF2N4O3S. The van der Waals surface area contributed by atoms with Crippen molar-refractivity contribution in [1.82, 2.24) is 9.97 Å². The summed E-state index contributed by atoms with van der Waals surface area (Å²) in [6.07, 6.45) is 1.25. The highest BCUT2D eigenvalue weighted by atomic mass is 35.5. The van der Waals surface area contributed by atoms with E-state index in [0.717, 1.165) is 12.1 Å². The summed E-state index contributed by atoms with van der Waals surface area (Å²) in [4.78, 5) is 7.67. The molecule has 0 aliphatic carbocycles. The van der Waals surface area contributed by atoms with E-state index in [4.69, 9.17) is 17.3 Å². The van der Waals surface area contributed by atoms with Crippen LogP contribution < -0.4 is 10.5 Å². The average Bonchev–Trinajstić information content (AvgIpc) is 2.73. The van der Waals surface area contributed by atoms with Gasteiger partial charge in [0.05, 0.1) is 34.6 Å². The number of nitrogens with zero attached hydrogens (tertiary/aromatic N) is 2. The van der Waals surface area contributed by atoms with Crippen LogP contribution in [0.2, 0.25) is 5.02 Å². The molecule has 0 aliphatic rings. The third-order valence-corrected chi connectivity index (χ3v) is 6.24. The van der Waals surface area contributed by atoms with E-state index in [1.165, 1.54) is 25.3 Å². The van der Waals surface area contributed by atoms with Gasteiger partial charge in [-0.15, -0.1) is 0 Å². The summed E-state index contributed by atoms with van der Waals surface area (Å²) >= 11 is 5.94. The van der Waals surface area contributed by atoms with Crippen molar-refractivity contribution in [3.05, 3.63) is 75.2 Å². The van der Waals surface area contributed by atoms with Crippen molar-refractivity contribution in [3.63, 3.8) is 0 Å². The lowest BCUT2D eigenvalue weighted by Crippen LogP contribution is -2.16. The number of aliphatic hydroxyl groups excluding tert-OH is 1. The van der Waals surface area contributed by atoms with Crippen molar-refractivity contribution in [2.24, 2.45) is 0 Å². The molecule has 0 unspecified atom stereocenters. The fourth-order valence-corrected chi connectivity index (χ4v) is 4.45. The van der Waals surface area contributed by atoms with Crippen molar-refractivity contribution < 1.29 is 22.3 Å². The number of nitrogens with two attached hydrogens (primary N) is 1. The summed E-state index contributed by atoms with van der Waals surface area (Å²) in [6.45, 7) is 2.64. The second-order valence-electron chi connectivity index (χ2n) is 6.71. The Bertz CT molecular complexity index is 1390. The van der Waals surface area contributed by atoms with E-state index in [2.05, 4.69) is 26.5 Å². The lowest BCUT2D eigenvalue weighted by Gasteiger charge is -2.14. The summed E-state index contributed by atoms with van der Waals surface area (Å²) < 4.78 is 57.0. The smallest absolute Gasteiger partial charge is 0.262 e. The molecule has 1 heterocycles. The van der Waals surface area contributed by atoms with Gasteiger partial charge in [-0.05, 0) is 55.2 Å². The van der Waals surface area contributed by atoms with Gasteiger partial charge in [0.25, 0.3) is 10.0 Å². The number of nitrogens with one attached hydrogen (secondary N) is 1. The highest BCUT2D eigenvalue weighted by Crippen LogP contribution is 2.28. The van der Waals surface area contributed by atoms with Gasteiger partial charge in [-0.1, -0.05) is 17.5 Å². The van der Waals surface area contributed by atoms with Crippen LogP contribution in [0.15, 0.2) is 35.4 Å². The summed E-state index contributed by atoms with van der Waals surface area (Å²) in [5.74, 6) is 2.81. The quantitative estimate of drug-likeness (QED) is 0.495. The van der Waals surface area contributed by atoms with Gasteiger partial charge in [0.15, 0.2) is 5.82 Å². The first kappa shape index (κ1) is 23.4. The fourth-order valence-electron chi connectivity index (χ4n) is 2.77. The highest BCUT2D eigenvalue weighted by Gasteiger charge is 2.23. The first-order chi connectivity index (χ1) is 15.0. The molecule has 11 heteroatoms. The van der Waals surface area contributed by atoms with Crippen LogP contribution in [0.1, 0.15) is 28.1 Å². The first-order valence-electron chi connectivity index (χ1n) is 9.05. The van der Waals surface area contributed by atoms with Gasteiger partial charge >= 0.3 is 0 Å². The van der Waals surface area contributed by atoms with Gasteiger partial charge in [0.2, 0.25) is 0 Å². The Balaban J connectivity index is 2.02. The maximum atomic E-state index is 15.0. The molecule has 2 aromatic carbocycles. The van der Waals surface area contributed by atoms with Crippen LogP contribution >= 0.6 is 11.6 Å². The van der Waals surface area contributed by atoms with Crippen LogP contribution in [-0.2, 0) is 16.6 Å². The number of aromatic nitrogens is 2. The Morgan fingerprint density at radius 2 is 1.94 bits per heavy atom. The van der Waals surface area contributed by atoms with Crippen molar-refractivity contribution >= 4 is 33.1 Å². The van der Waals surface area contributed by atoms with Crippen molar-refractivity contribution in [3.8, 4) is 11.8 Å². The van der Waals surface area contributed by atoms with E-state index >= 15 is 0 Å². The van der Waals surface area contributed by atoms with Gasteiger partial charge < -0.3 is 10.8 Å². The summed E-state index contributed by atoms with van der Waals surface area (Å²) in [7, 11) is -4.32. The normalized spacial score (nSPS) is 11.1. The maximum absolute atomic E-state index is 15.0. The molecular weight excluding hydrogens is 462 g/mol. The number of aryl methyl sites for hydroxylation is 1. The number of hydrogen-bond donors (Lipinski definition) is 3. The van der Waals surface area contributed by atoms with E-state index in [-0.39, 0.29) is 27.0 Å². The Hall–Kier alpha value is -3.26. The third-order valence-electron chi connectivity index (χ3n) is 4.53. The molecule has 0 amide bonds. The van der Waals surface area contributed by atoms with E-state index in [1.807, 2.05) is 0 Å². The molecule has 0 saturated heterocycles. The SMILES string of the molecule is Cc1nc(C#Cc2c(F)ccc(NS(=O)(=O)c3cc(Cl)cc(CO)c3C)c2F)cnc1N. The molecule has 7 nitrogen and oxygen atoms in total. The number of sulfonamides is 1. The highest BCUT2D eigenvalue weighted by molar-refractivity contribution is 7.92. The minimum absolute atomic E-state index is 0.0751. The van der Waals surface area contributed by atoms with E-state index < -0.39 is 39.5 Å². The number of halogens is 3. The zero-order chi connectivity index (χ0) is 23.6. The average molecular weight is 479 g/mol. The van der Waals surface area contributed by atoms with Crippen molar-refractivity contribution in [2.75, 3.05) is 10.5 Å². The molecule has 32 heavy (non-hydrogen) atoms. The monoisotopic (exact) mass is 478 g/mol. The Labute approximate surface area is 188 Å². The zero-order valence-corrected chi connectivity index (χ0v) is 18.4. The van der Waals surface area contributed by atoms with Crippen LogP contribution in [0, 0.1) is 37.3 Å². The van der Waals surface area contributed by atoms with Crippen molar-refractivity contribution in [2.45, 2.75) is 25.3 Å². The van der Waals surface area contributed by atoms with Crippen LogP contribution in [-0.4, -0.2) is 23.5 Å². The van der Waals surface area contributed by atoms with Gasteiger partial charge in [-0.3, -0.25) is 4.72 Å². The topological polar surface area (TPSA) is 118 Å². The molecule has 4 N–H and O–H groups in total. The third kappa shape index (κ3) is 4.80. The Kier molecular flexibility index (Phi) is 6.64. The molecule has 166 valence electrons. The second-order valence-corrected chi connectivity index (χ2v) is 8.80. The summed E-state index contributed by atoms with van der Waals surface area (Å²) in [5, 5.41) is 9.49. The number of benzene rings is 2. The van der Waals surface area contributed by atoms with Crippen molar-refractivity contribution in [1.29, 1.82) is 0 Å². The number of aliphatic hydroxyl groups is 1. The van der Waals surface area contributed by atoms with Gasteiger partial charge in [-0.2, -0.15) is 0 Å². The van der Waals surface area contributed by atoms with Crippen LogP contribution in [0.3, 0.4) is 0 Å². The van der Waals surface area contributed by atoms with Gasteiger partial charge in [0, 0.05) is 5.02 Å². The number of nitrogen functional groups attached to an aromatic ring is 1. The lowest BCUT2D eigenvalue weighted by molar-refractivity contribution is 0.280. The second kappa shape index (κ2) is 9.08. The number of hydrogen-bond acceptors (Lipinski definition) is 6. The lowest BCUT2D eigenvalue weighted by atomic mass is 10.1. The van der Waals surface area contributed by atoms with E-state index in [9.17, 15) is 22.3 Å². The minimum Gasteiger partial charge on any atom is -0.392 e. The van der Waals surface area contributed by atoms with Gasteiger partial charge in [-0.25, -0.2) is 27.2 Å². The predicted molar refractivity (Wildman–Crippen MR) is 116 cm³/mol. The Morgan fingerprint density at radius 1 is 1.22 bits per heavy atom. The largest absolute Gasteiger partial charge is 0.392 e. The zero-order valence-electron chi connectivity index (χ0n) is 16.9. The molecule has 0 aliphatic heterocycles. The molecule has 1 aromatic heterocycles. The van der Waals surface area contributed by atoms with E-state index in [0.29, 0.717) is 11.3 Å². The molecule has 0 radical (unpaired) electrons. The van der Waals surface area contributed by atoms with Crippen LogP contribution in [0.5, 0.6) is 0 Å².